The molecule has 1 aliphatic carbocycles. The van der Waals surface area contributed by atoms with E-state index in [2.05, 4.69) is 10.0 Å². The fourth-order valence-electron chi connectivity index (χ4n) is 2.59. The van der Waals surface area contributed by atoms with Crippen molar-refractivity contribution in [2.45, 2.75) is 37.1 Å². The number of nitrogens with two attached hydrogens (primary N) is 1. The number of anilines is 1. The molecule has 0 aliphatic heterocycles. The second-order valence-electron chi connectivity index (χ2n) is 5.26. The molecule has 1 fully saturated rings. The molecular formula is C14H23N3O2S. The monoisotopic (exact) mass is 297 g/mol. The van der Waals surface area contributed by atoms with Gasteiger partial charge in [0.1, 0.15) is 0 Å². The molecule has 0 heterocycles. The molecule has 0 spiro atoms. The van der Waals surface area contributed by atoms with E-state index in [0.717, 1.165) is 18.7 Å². The molecule has 2 atom stereocenters. The van der Waals surface area contributed by atoms with E-state index in [0.29, 0.717) is 17.4 Å². The second-order valence-corrected chi connectivity index (χ2v) is 7.03. The summed E-state index contributed by atoms with van der Waals surface area (Å²) in [5, 5.41) is 3.33. The summed E-state index contributed by atoms with van der Waals surface area (Å²) in [5.41, 5.74) is 6.96. The Kier molecular flexibility index (Phi) is 5.01. The first kappa shape index (κ1) is 15.3. The van der Waals surface area contributed by atoms with Gasteiger partial charge in [-0.3, -0.25) is 0 Å². The van der Waals surface area contributed by atoms with Gasteiger partial charge in [0.15, 0.2) is 0 Å². The lowest BCUT2D eigenvalue weighted by Crippen LogP contribution is -2.29. The summed E-state index contributed by atoms with van der Waals surface area (Å²) in [4.78, 5) is 0.294. The van der Waals surface area contributed by atoms with E-state index in [9.17, 15) is 8.42 Å². The quantitative estimate of drug-likeness (QED) is 0.743. The van der Waals surface area contributed by atoms with Gasteiger partial charge in [-0.25, -0.2) is 13.1 Å². The largest absolute Gasteiger partial charge is 0.385 e. The molecule has 4 N–H and O–H groups in total. The van der Waals surface area contributed by atoms with Gasteiger partial charge in [0.25, 0.3) is 0 Å². The maximum Gasteiger partial charge on any atom is 0.240 e. The number of benzene rings is 1. The van der Waals surface area contributed by atoms with E-state index in [4.69, 9.17) is 5.73 Å². The van der Waals surface area contributed by atoms with Crippen LogP contribution in [0.4, 0.5) is 5.69 Å². The van der Waals surface area contributed by atoms with Crippen molar-refractivity contribution in [1.29, 1.82) is 0 Å². The standard InChI is InChI=1S/C14H23N3O2S/c1-2-17-20(18,19)13-8-6-12(7-9-13)16-10-11-4-3-5-14(11)15/h6-9,11,14,16-17H,2-5,10,15H2,1H3. The summed E-state index contributed by atoms with van der Waals surface area (Å²) >= 11 is 0. The Morgan fingerprint density at radius 2 is 1.95 bits per heavy atom. The fraction of sp³-hybridized carbons (Fsp3) is 0.571. The van der Waals surface area contributed by atoms with E-state index >= 15 is 0 Å². The third kappa shape index (κ3) is 3.71. The van der Waals surface area contributed by atoms with Crippen LogP contribution >= 0.6 is 0 Å². The predicted octanol–water partition coefficient (Wildman–Crippen LogP) is 1.52. The molecule has 2 unspecified atom stereocenters. The first-order valence-corrected chi connectivity index (χ1v) is 8.60. The molecule has 112 valence electrons. The van der Waals surface area contributed by atoms with Crippen molar-refractivity contribution in [1.82, 2.24) is 4.72 Å². The van der Waals surface area contributed by atoms with E-state index in [1.807, 2.05) is 0 Å². The first-order chi connectivity index (χ1) is 9.53. The Bertz CT molecular complexity index is 528. The molecule has 1 aliphatic rings. The molecular weight excluding hydrogens is 274 g/mol. The van der Waals surface area contributed by atoms with Crippen LogP contribution in [0.5, 0.6) is 0 Å². The minimum atomic E-state index is -3.36. The lowest BCUT2D eigenvalue weighted by atomic mass is 10.0. The van der Waals surface area contributed by atoms with Crippen molar-refractivity contribution in [2.24, 2.45) is 11.7 Å². The molecule has 0 aromatic heterocycles. The van der Waals surface area contributed by atoms with Gasteiger partial charge in [0.2, 0.25) is 10.0 Å². The van der Waals surface area contributed by atoms with Crippen molar-refractivity contribution >= 4 is 15.7 Å². The van der Waals surface area contributed by atoms with Gasteiger partial charge in [-0.1, -0.05) is 13.3 Å². The smallest absolute Gasteiger partial charge is 0.240 e. The Labute approximate surface area is 121 Å². The van der Waals surface area contributed by atoms with Crippen molar-refractivity contribution in [2.75, 3.05) is 18.4 Å². The number of sulfonamides is 1. The highest BCUT2D eigenvalue weighted by Gasteiger charge is 2.23. The van der Waals surface area contributed by atoms with E-state index in [1.165, 1.54) is 12.8 Å². The molecule has 5 nitrogen and oxygen atoms in total. The van der Waals surface area contributed by atoms with E-state index < -0.39 is 10.0 Å². The Hall–Kier alpha value is -1.11. The first-order valence-electron chi connectivity index (χ1n) is 7.12. The zero-order valence-corrected chi connectivity index (χ0v) is 12.6. The Morgan fingerprint density at radius 3 is 2.50 bits per heavy atom. The van der Waals surface area contributed by atoms with Crippen LogP contribution in [0, 0.1) is 5.92 Å². The van der Waals surface area contributed by atoms with Crippen LogP contribution < -0.4 is 15.8 Å². The molecule has 1 aromatic carbocycles. The van der Waals surface area contributed by atoms with Gasteiger partial charge < -0.3 is 11.1 Å². The highest BCUT2D eigenvalue weighted by atomic mass is 32.2. The van der Waals surface area contributed by atoms with Gasteiger partial charge in [-0.15, -0.1) is 0 Å². The summed E-state index contributed by atoms with van der Waals surface area (Å²) in [7, 11) is -3.36. The molecule has 0 bridgehead atoms. The van der Waals surface area contributed by atoms with Crippen LogP contribution in [0.1, 0.15) is 26.2 Å². The van der Waals surface area contributed by atoms with Crippen LogP contribution in [-0.2, 0) is 10.0 Å². The topological polar surface area (TPSA) is 84.2 Å². The normalized spacial score (nSPS) is 22.9. The lowest BCUT2D eigenvalue weighted by molar-refractivity contribution is 0.505. The van der Waals surface area contributed by atoms with E-state index in [-0.39, 0.29) is 6.04 Å². The van der Waals surface area contributed by atoms with Crippen LogP contribution in [0.2, 0.25) is 0 Å². The van der Waals surface area contributed by atoms with Crippen molar-refractivity contribution in [3.63, 3.8) is 0 Å². The molecule has 0 amide bonds. The molecule has 2 rings (SSSR count). The molecule has 20 heavy (non-hydrogen) atoms. The number of hydrogen-bond donors (Lipinski definition) is 3. The van der Waals surface area contributed by atoms with Crippen LogP contribution in [0.15, 0.2) is 29.2 Å². The van der Waals surface area contributed by atoms with Crippen LogP contribution in [0.3, 0.4) is 0 Å². The molecule has 0 radical (unpaired) electrons. The number of hydrogen-bond acceptors (Lipinski definition) is 4. The third-order valence-electron chi connectivity index (χ3n) is 3.79. The summed E-state index contributed by atoms with van der Waals surface area (Å²) in [5.74, 6) is 0.514. The molecule has 6 heteroatoms. The van der Waals surface area contributed by atoms with Gasteiger partial charge in [0, 0.05) is 24.8 Å². The molecule has 0 saturated heterocycles. The molecule has 1 aromatic rings. The maximum atomic E-state index is 11.8. The summed E-state index contributed by atoms with van der Waals surface area (Å²) < 4.78 is 26.1. The van der Waals surface area contributed by atoms with Gasteiger partial charge in [-0.05, 0) is 43.0 Å². The van der Waals surface area contributed by atoms with Crippen molar-refractivity contribution in [3.05, 3.63) is 24.3 Å². The summed E-state index contributed by atoms with van der Waals surface area (Å²) in [6.45, 7) is 3.00. The average molecular weight is 297 g/mol. The fourth-order valence-corrected chi connectivity index (χ4v) is 3.63. The van der Waals surface area contributed by atoms with Crippen molar-refractivity contribution in [3.8, 4) is 0 Å². The SMILES string of the molecule is CCNS(=O)(=O)c1ccc(NCC2CCCC2N)cc1. The zero-order chi connectivity index (χ0) is 14.6. The molecule has 1 saturated carbocycles. The number of nitrogens with one attached hydrogen (secondary N) is 2. The zero-order valence-electron chi connectivity index (χ0n) is 11.8. The average Bonchev–Trinajstić information content (AvgIpc) is 2.82. The van der Waals surface area contributed by atoms with Gasteiger partial charge in [0.05, 0.1) is 4.90 Å². The highest BCUT2D eigenvalue weighted by Crippen LogP contribution is 2.24. The second kappa shape index (κ2) is 6.56. The Morgan fingerprint density at radius 1 is 1.25 bits per heavy atom. The minimum absolute atomic E-state index is 0.288. The summed E-state index contributed by atoms with van der Waals surface area (Å²) in [6, 6.07) is 7.12. The van der Waals surface area contributed by atoms with Crippen LogP contribution in [-0.4, -0.2) is 27.5 Å². The van der Waals surface area contributed by atoms with Gasteiger partial charge in [-0.2, -0.15) is 0 Å². The lowest BCUT2D eigenvalue weighted by Gasteiger charge is -2.16. The predicted molar refractivity (Wildman–Crippen MR) is 81.1 cm³/mol. The van der Waals surface area contributed by atoms with Crippen LogP contribution in [0.25, 0.3) is 0 Å². The van der Waals surface area contributed by atoms with E-state index in [1.54, 1.807) is 31.2 Å². The Balaban J connectivity index is 1.95. The third-order valence-corrected chi connectivity index (χ3v) is 5.35. The number of rotatable bonds is 6. The minimum Gasteiger partial charge on any atom is -0.385 e. The highest BCUT2D eigenvalue weighted by molar-refractivity contribution is 7.89. The summed E-state index contributed by atoms with van der Waals surface area (Å²) in [6.07, 6.45) is 3.47. The maximum absolute atomic E-state index is 11.8. The van der Waals surface area contributed by atoms with Gasteiger partial charge >= 0.3 is 0 Å². The van der Waals surface area contributed by atoms with Crippen molar-refractivity contribution < 1.29 is 8.42 Å².